The van der Waals surface area contributed by atoms with Gasteiger partial charge in [-0.15, -0.1) is 0 Å². The number of rotatable bonds is 2. The van der Waals surface area contributed by atoms with Crippen molar-refractivity contribution in [2.75, 3.05) is 12.8 Å². The first kappa shape index (κ1) is 10.9. The smallest absolute Gasteiger partial charge is 0.133 e. The highest BCUT2D eigenvalue weighted by Gasteiger charge is 2.04. The van der Waals surface area contributed by atoms with Gasteiger partial charge in [0.2, 0.25) is 0 Å². The summed E-state index contributed by atoms with van der Waals surface area (Å²) in [6.45, 7) is 0. The van der Waals surface area contributed by atoms with Crippen molar-refractivity contribution in [1.82, 2.24) is 9.97 Å². The first-order valence-corrected chi connectivity index (χ1v) is 5.41. The molecule has 0 bridgehead atoms. The molecule has 0 spiro atoms. The second kappa shape index (κ2) is 4.49. The molecule has 0 saturated carbocycles. The van der Waals surface area contributed by atoms with Crippen molar-refractivity contribution >= 4 is 21.7 Å². The van der Waals surface area contributed by atoms with Crippen molar-refractivity contribution in [1.29, 1.82) is 0 Å². The molecule has 0 atom stereocenters. The summed E-state index contributed by atoms with van der Waals surface area (Å²) in [5.74, 6) is 1.24. The Bertz CT molecular complexity index is 516. The average molecular weight is 280 g/mol. The fourth-order valence-corrected chi connectivity index (χ4v) is 1.90. The van der Waals surface area contributed by atoms with E-state index >= 15 is 0 Å². The summed E-state index contributed by atoms with van der Waals surface area (Å²) in [6.07, 6.45) is 1.45. The standard InChI is InChI=1S/C11H10BrN3O/c1-16-10-3-2-7(4-8(10)12)9-5-11(13)15-6-14-9/h2-6H,1H3,(H2,13,14,15). The number of aromatic nitrogens is 2. The van der Waals surface area contributed by atoms with Crippen molar-refractivity contribution in [2.45, 2.75) is 0 Å². The van der Waals surface area contributed by atoms with Gasteiger partial charge in [0.05, 0.1) is 17.3 Å². The summed E-state index contributed by atoms with van der Waals surface area (Å²) in [7, 11) is 1.63. The third-order valence-corrected chi connectivity index (χ3v) is 2.76. The van der Waals surface area contributed by atoms with Crippen LogP contribution in [0.4, 0.5) is 5.82 Å². The third-order valence-electron chi connectivity index (χ3n) is 2.14. The van der Waals surface area contributed by atoms with Crippen LogP contribution in [0.15, 0.2) is 35.1 Å². The maximum atomic E-state index is 5.60. The molecule has 0 saturated heterocycles. The third kappa shape index (κ3) is 2.14. The molecule has 1 aromatic carbocycles. The number of methoxy groups -OCH3 is 1. The summed E-state index contributed by atoms with van der Waals surface area (Å²) < 4.78 is 6.03. The molecule has 1 heterocycles. The van der Waals surface area contributed by atoms with Gasteiger partial charge in [-0.3, -0.25) is 0 Å². The summed E-state index contributed by atoms with van der Waals surface area (Å²) in [5.41, 5.74) is 7.35. The molecule has 5 heteroatoms. The maximum Gasteiger partial charge on any atom is 0.133 e. The van der Waals surface area contributed by atoms with Crippen molar-refractivity contribution in [3.05, 3.63) is 35.1 Å². The number of hydrogen-bond donors (Lipinski definition) is 1. The SMILES string of the molecule is COc1ccc(-c2cc(N)ncn2)cc1Br. The van der Waals surface area contributed by atoms with Gasteiger partial charge in [-0.1, -0.05) is 0 Å². The zero-order valence-electron chi connectivity index (χ0n) is 8.64. The number of anilines is 1. The van der Waals surface area contributed by atoms with E-state index in [4.69, 9.17) is 10.5 Å². The molecule has 1 aromatic heterocycles. The first-order valence-electron chi connectivity index (χ1n) is 4.62. The lowest BCUT2D eigenvalue weighted by atomic mass is 10.1. The Balaban J connectivity index is 2.45. The van der Waals surface area contributed by atoms with Crippen molar-refractivity contribution in [2.24, 2.45) is 0 Å². The molecule has 0 unspecified atom stereocenters. The molecule has 0 aliphatic rings. The molecule has 0 aliphatic heterocycles. The minimum Gasteiger partial charge on any atom is -0.496 e. The molecule has 0 fully saturated rings. The van der Waals surface area contributed by atoms with Gasteiger partial charge in [0.1, 0.15) is 17.9 Å². The van der Waals surface area contributed by atoms with Crippen LogP contribution in [0.1, 0.15) is 0 Å². The van der Waals surface area contributed by atoms with Crippen LogP contribution in [0.2, 0.25) is 0 Å². The zero-order chi connectivity index (χ0) is 11.5. The van der Waals surface area contributed by atoms with Gasteiger partial charge >= 0.3 is 0 Å². The summed E-state index contributed by atoms with van der Waals surface area (Å²) >= 11 is 3.42. The minimum absolute atomic E-state index is 0.456. The number of halogens is 1. The molecule has 2 aromatic rings. The van der Waals surface area contributed by atoms with Gasteiger partial charge in [0.25, 0.3) is 0 Å². The van der Waals surface area contributed by atoms with E-state index in [2.05, 4.69) is 25.9 Å². The predicted molar refractivity (Wildman–Crippen MR) is 66.1 cm³/mol. The average Bonchev–Trinajstić information content (AvgIpc) is 2.29. The summed E-state index contributed by atoms with van der Waals surface area (Å²) in [5, 5.41) is 0. The molecule has 0 aliphatic carbocycles. The molecule has 82 valence electrons. The molecule has 2 N–H and O–H groups in total. The Labute approximate surface area is 102 Å². The molecular weight excluding hydrogens is 270 g/mol. The lowest BCUT2D eigenvalue weighted by Crippen LogP contribution is -1.93. The van der Waals surface area contributed by atoms with E-state index in [0.717, 1.165) is 21.5 Å². The first-order chi connectivity index (χ1) is 7.70. The van der Waals surface area contributed by atoms with E-state index in [0.29, 0.717) is 5.82 Å². The Morgan fingerprint density at radius 1 is 1.25 bits per heavy atom. The van der Waals surface area contributed by atoms with Crippen LogP contribution in [0.3, 0.4) is 0 Å². The van der Waals surface area contributed by atoms with Crippen molar-refractivity contribution in [3.8, 4) is 17.0 Å². The van der Waals surface area contributed by atoms with Gasteiger partial charge in [-0.25, -0.2) is 9.97 Å². The number of nitrogens with zero attached hydrogens (tertiary/aromatic N) is 2. The van der Waals surface area contributed by atoms with Gasteiger partial charge in [-0.2, -0.15) is 0 Å². The molecule has 4 nitrogen and oxygen atoms in total. The van der Waals surface area contributed by atoms with Crippen LogP contribution < -0.4 is 10.5 Å². The van der Waals surface area contributed by atoms with E-state index in [1.807, 2.05) is 18.2 Å². The van der Waals surface area contributed by atoms with Gasteiger partial charge in [0.15, 0.2) is 0 Å². The van der Waals surface area contributed by atoms with E-state index < -0.39 is 0 Å². The second-order valence-electron chi connectivity index (χ2n) is 3.18. The predicted octanol–water partition coefficient (Wildman–Crippen LogP) is 2.50. The van der Waals surface area contributed by atoms with Crippen molar-refractivity contribution in [3.63, 3.8) is 0 Å². The largest absolute Gasteiger partial charge is 0.496 e. The van der Waals surface area contributed by atoms with Crippen LogP contribution in [0.5, 0.6) is 5.75 Å². The number of ether oxygens (including phenoxy) is 1. The molecule has 2 rings (SSSR count). The number of benzene rings is 1. The minimum atomic E-state index is 0.456. The van der Waals surface area contributed by atoms with Crippen LogP contribution in [-0.4, -0.2) is 17.1 Å². The Kier molecular flexibility index (Phi) is 3.05. The van der Waals surface area contributed by atoms with Crippen LogP contribution in [0.25, 0.3) is 11.3 Å². The van der Waals surface area contributed by atoms with Gasteiger partial charge in [0, 0.05) is 11.6 Å². The summed E-state index contributed by atoms with van der Waals surface area (Å²) in [4.78, 5) is 8.01. The quantitative estimate of drug-likeness (QED) is 0.918. The molecule has 0 radical (unpaired) electrons. The monoisotopic (exact) mass is 279 g/mol. The summed E-state index contributed by atoms with van der Waals surface area (Å²) in [6, 6.07) is 7.46. The molecular formula is C11H10BrN3O. The number of nitrogen functional groups attached to an aromatic ring is 1. The lowest BCUT2D eigenvalue weighted by molar-refractivity contribution is 0.412. The normalized spacial score (nSPS) is 10.1. The topological polar surface area (TPSA) is 61.0 Å². The van der Waals surface area contributed by atoms with E-state index in [1.165, 1.54) is 6.33 Å². The van der Waals surface area contributed by atoms with E-state index in [9.17, 15) is 0 Å². The number of nitrogens with two attached hydrogens (primary N) is 1. The molecule has 0 amide bonds. The van der Waals surface area contributed by atoms with E-state index in [1.54, 1.807) is 13.2 Å². The zero-order valence-corrected chi connectivity index (χ0v) is 10.2. The lowest BCUT2D eigenvalue weighted by Gasteiger charge is -2.06. The van der Waals surface area contributed by atoms with E-state index in [-0.39, 0.29) is 0 Å². The fraction of sp³-hybridized carbons (Fsp3) is 0.0909. The number of hydrogen-bond acceptors (Lipinski definition) is 4. The fourth-order valence-electron chi connectivity index (χ4n) is 1.36. The second-order valence-corrected chi connectivity index (χ2v) is 4.03. The maximum absolute atomic E-state index is 5.60. The van der Waals surface area contributed by atoms with Crippen LogP contribution >= 0.6 is 15.9 Å². The van der Waals surface area contributed by atoms with Crippen LogP contribution in [-0.2, 0) is 0 Å². The van der Waals surface area contributed by atoms with Crippen LogP contribution in [0, 0.1) is 0 Å². The van der Waals surface area contributed by atoms with Crippen molar-refractivity contribution < 1.29 is 4.74 Å². The molecule has 16 heavy (non-hydrogen) atoms. The Morgan fingerprint density at radius 2 is 2.06 bits per heavy atom. The highest BCUT2D eigenvalue weighted by atomic mass is 79.9. The van der Waals surface area contributed by atoms with Gasteiger partial charge < -0.3 is 10.5 Å². The Morgan fingerprint density at radius 3 is 2.69 bits per heavy atom. The van der Waals surface area contributed by atoms with Gasteiger partial charge in [-0.05, 0) is 34.1 Å². The Hall–Kier alpha value is -1.62. The highest BCUT2D eigenvalue weighted by Crippen LogP contribution is 2.29. The highest BCUT2D eigenvalue weighted by molar-refractivity contribution is 9.10.